The molecule has 0 spiro atoms. The number of sulfonamides is 1. The summed E-state index contributed by atoms with van der Waals surface area (Å²) in [6.45, 7) is 0.923. The average Bonchev–Trinajstić information content (AvgIpc) is 2.15. The molecule has 0 saturated carbocycles. The normalized spacial score (nSPS) is 20.2. The summed E-state index contributed by atoms with van der Waals surface area (Å²) in [5, 5.41) is 0. The molecular weight excluding hydrogens is 216 g/mol. The molecular formula is C9H18N2O3S. The second kappa shape index (κ2) is 4.49. The highest BCUT2D eigenvalue weighted by Gasteiger charge is 2.29. The smallest absolute Gasteiger partial charge is 0.225 e. The average molecular weight is 234 g/mol. The predicted octanol–water partition coefficient (Wildman–Crippen LogP) is -0.254. The number of hydrogen-bond acceptors (Lipinski definition) is 3. The topological polar surface area (TPSA) is 57.7 Å². The summed E-state index contributed by atoms with van der Waals surface area (Å²) in [5.74, 6) is 0.0844. The molecule has 0 aromatic rings. The molecule has 88 valence electrons. The molecule has 0 atom stereocenters. The fourth-order valence-corrected chi connectivity index (χ4v) is 2.67. The van der Waals surface area contributed by atoms with Gasteiger partial charge in [-0.15, -0.1) is 0 Å². The van der Waals surface area contributed by atoms with E-state index >= 15 is 0 Å². The second-order valence-corrected chi connectivity index (χ2v) is 6.15. The lowest BCUT2D eigenvalue weighted by Gasteiger charge is -2.30. The SMILES string of the molecule is CN(C)C(=O)C1CCN(S(C)(=O)=O)CC1. The number of carbonyl (C=O) groups excluding carboxylic acids is 1. The summed E-state index contributed by atoms with van der Waals surface area (Å²) < 4.78 is 23.9. The Morgan fingerprint density at radius 2 is 1.73 bits per heavy atom. The van der Waals surface area contributed by atoms with Crippen LogP contribution < -0.4 is 0 Å². The minimum Gasteiger partial charge on any atom is -0.349 e. The van der Waals surface area contributed by atoms with Gasteiger partial charge < -0.3 is 4.90 Å². The minimum atomic E-state index is -3.09. The maximum Gasteiger partial charge on any atom is 0.225 e. The molecule has 1 aliphatic rings. The molecule has 0 aliphatic carbocycles. The standard InChI is InChI=1S/C9H18N2O3S/c1-10(2)9(12)8-4-6-11(7-5-8)15(3,13)14/h8H,4-7H2,1-3H3. The van der Waals surface area contributed by atoms with Crippen LogP contribution in [-0.2, 0) is 14.8 Å². The largest absolute Gasteiger partial charge is 0.349 e. The fraction of sp³-hybridized carbons (Fsp3) is 0.889. The number of hydrogen-bond donors (Lipinski definition) is 0. The Labute approximate surface area is 91.1 Å². The van der Waals surface area contributed by atoms with Crippen molar-refractivity contribution >= 4 is 15.9 Å². The van der Waals surface area contributed by atoms with Crippen molar-refractivity contribution < 1.29 is 13.2 Å². The summed E-state index contributed by atoms with van der Waals surface area (Å²) in [6.07, 6.45) is 2.47. The molecule has 1 heterocycles. The third-order valence-electron chi connectivity index (χ3n) is 2.71. The Bertz CT molecular complexity index is 329. The molecule has 1 aliphatic heterocycles. The highest BCUT2D eigenvalue weighted by Crippen LogP contribution is 2.20. The van der Waals surface area contributed by atoms with Crippen LogP contribution in [0.1, 0.15) is 12.8 Å². The Morgan fingerprint density at radius 3 is 2.07 bits per heavy atom. The Hall–Kier alpha value is -0.620. The van der Waals surface area contributed by atoms with E-state index in [2.05, 4.69) is 0 Å². The van der Waals surface area contributed by atoms with Gasteiger partial charge in [-0.2, -0.15) is 0 Å². The van der Waals surface area contributed by atoms with Crippen molar-refractivity contribution in [3.8, 4) is 0 Å². The first kappa shape index (κ1) is 12.4. The van der Waals surface area contributed by atoms with Crippen LogP contribution in [0.4, 0.5) is 0 Å². The van der Waals surface area contributed by atoms with Gasteiger partial charge in [0.25, 0.3) is 0 Å². The maximum absolute atomic E-state index is 11.6. The van der Waals surface area contributed by atoms with Gasteiger partial charge in [0.15, 0.2) is 0 Å². The van der Waals surface area contributed by atoms with Crippen LogP contribution in [0.2, 0.25) is 0 Å². The molecule has 15 heavy (non-hydrogen) atoms. The van der Waals surface area contributed by atoms with Gasteiger partial charge in [0.05, 0.1) is 6.26 Å². The highest BCUT2D eigenvalue weighted by molar-refractivity contribution is 7.88. The van der Waals surface area contributed by atoms with Crippen LogP contribution in [0.3, 0.4) is 0 Å². The van der Waals surface area contributed by atoms with Crippen LogP contribution in [0.15, 0.2) is 0 Å². The van der Waals surface area contributed by atoms with E-state index in [0.717, 1.165) is 0 Å². The maximum atomic E-state index is 11.6. The summed E-state index contributed by atoms with van der Waals surface area (Å²) in [4.78, 5) is 13.2. The van der Waals surface area contributed by atoms with Crippen LogP contribution in [0, 0.1) is 5.92 Å². The van der Waals surface area contributed by atoms with Crippen molar-refractivity contribution in [3.63, 3.8) is 0 Å². The zero-order chi connectivity index (χ0) is 11.6. The highest BCUT2D eigenvalue weighted by atomic mass is 32.2. The molecule has 0 aromatic carbocycles. The van der Waals surface area contributed by atoms with Crippen molar-refractivity contribution in [1.29, 1.82) is 0 Å². The van der Waals surface area contributed by atoms with Crippen molar-refractivity contribution in [2.45, 2.75) is 12.8 Å². The number of carbonyl (C=O) groups is 1. The molecule has 0 unspecified atom stereocenters. The summed E-state index contributed by atoms with van der Waals surface area (Å²) in [5.41, 5.74) is 0. The molecule has 5 nitrogen and oxygen atoms in total. The van der Waals surface area contributed by atoms with E-state index < -0.39 is 10.0 Å². The van der Waals surface area contributed by atoms with Crippen LogP contribution >= 0.6 is 0 Å². The van der Waals surface area contributed by atoms with Gasteiger partial charge in [0.2, 0.25) is 15.9 Å². The lowest BCUT2D eigenvalue weighted by molar-refractivity contribution is -0.134. The van der Waals surface area contributed by atoms with Crippen molar-refractivity contribution in [1.82, 2.24) is 9.21 Å². The molecule has 6 heteroatoms. The summed E-state index contributed by atoms with van der Waals surface area (Å²) in [7, 11) is 0.368. The van der Waals surface area contributed by atoms with Gasteiger partial charge in [0.1, 0.15) is 0 Å². The molecule has 0 bridgehead atoms. The quantitative estimate of drug-likeness (QED) is 0.662. The Balaban J connectivity index is 2.53. The summed E-state index contributed by atoms with van der Waals surface area (Å²) >= 11 is 0. The van der Waals surface area contributed by atoms with Gasteiger partial charge in [-0.3, -0.25) is 4.79 Å². The van der Waals surface area contributed by atoms with E-state index in [1.807, 2.05) is 0 Å². The third-order valence-corrected chi connectivity index (χ3v) is 4.02. The second-order valence-electron chi connectivity index (χ2n) is 4.17. The van der Waals surface area contributed by atoms with Gasteiger partial charge in [-0.25, -0.2) is 12.7 Å². The van der Waals surface area contributed by atoms with E-state index in [9.17, 15) is 13.2 Å². The lowest BCUT2D eigenvalue weighted by atomic mass is 9.97. The third kappa shape index (κ3) is 3.17. The first-order chi connectivity index (χ1) is 6.82. The zero-order valence-electron chi connectivity index (χ0n) is 9.43. The van der Waals surface area contributed by atoms with E-state index in [-0.39, 0.29) is 11.8 Å². The van der Waals surface area contributed by atoms with Crippen LogP contribution in [0.25, 0.3) is 0 Å². The zero-order valence-corrected chi connectivity index (χ0v) is 10.2. The van der Waals surface area contributed by atoms with Crippen LogP contribution in [-0.4, -0.2) is 57.0 Å². The molecule has 0 aromatic heterocycles. The van der Waals surface area contributed by atoms with Crippen molar-refractivity contribution in [2.75, 3.05) is 33.4 Å². The molecule has 1 saturated heterocycles. The van der Waals surface area contributed by atoms with E-state index in [1.165, 1.54) is 10.6 Å². The molecule has 1 fully saturated rings. The first-order valence-electron chi connectivity index (χ1n) is 4.98. The van der Waals surface area contributed by atoms with Gasteiger partial charge >= 0.3 is 0 Å². The van der Waals surface area contributed by atoms with Crippen LogP contribution in [0.5, 0.6) is 0 Å². The number of rotatable bonds is 2. The van der Waals surface area contributed by atoms with Gasteiger partial charge in [-0.05, 0) is 12.8 Å². The molecule has 1 rings (SSSR count). The molecule has 0 radical (unpaired) electrons. The van der Waals surface area contributed by atoms with E-state index in [1.54, 1.807) is 19.0 Å². The van der Waals surface area contributed by atoms with E-state index in [0.29, 0.717) is 25.9 Å². The Kier molecular flexibility index (Phi) is 3.72. The Morgan fingerprint density at radius 1 is 1.27 bits per heavy atom. The van der Waals surface area contributed by atoms with Crippen molar-refractivity contribution in [3.05, 3.63) is 0 Å². The monoisotopic (exact) mass is 234 g/mol. The lowest BCUT2D eigenvalue weighted by Crippen LogP contribution is -2.42. The fourth-order valence-electron chi connectivity index (χ4n) is 1.80. The predicted molar refractivity (Wildman–Crippen MR) is 57.8 cm³/mol. The first-order valence-corrected chi connectivity index (χ1v) is 6.83. The van der Waals surface area contributed by atoms with Gasteiger partial charge in [0, 0.05) is 33.1 Å². The number of piperidine rings is 1. The minimum absolute atomic E-state index is 0.0157. The molecule has 0 N–H and O–H groups in total. The van der Waals surface area contributed by atoms with Gasteiger partial charge in [-0.1, -0.05) is 0 Å². The van der Waals surface area contributed by atoms with Crippen molar-refractivity contribution in [2.24, 2.45) is 5.92 Å². The summed E-state index contributed by atoms with van der Waals surface area (Å²) in [6, 6.07) is 0. The van der Waals surface area contributed by atoms with E-state index in [4.69, 9.17) is 0 Å². The molecule has 1 amide bonds. The number of amides is 1. The number of nitrogens with zero attached hydrogens (tertiary/aromatic N) is 2.